The molecule has 0 aliphatic rings. The molecule has 8 nitrogen and oxygen atoms in total. The molecule has 0 aliphatic carbocycles. The molecule has 2 rings (SSSR count). The SMILES string of the molecule is O=C(N/N=C/c1ccc(Cl)c([N+](=O)[O-])c1)C(=O)Nc1ccccc1. The lowest BCUT2D eigenvalue weighted by Crippen LogP contribution is -2.32. The Kier molecular flexibility index (Phi) is 5.58. The first kappa shape index (κ1) is 17.1. The molecule has 2 aromatic rings. The van der Waals surface area contributed by atoms with Gasteiger partial charge in [-0.25, -0.2) is 5.43 Å². The van der Waals surface area contributed by atoms with E-state index in [0.717, 1.165) is 6.21 Å². The number of anilines is 1. The van der Waals surface area contributed by atoms with E-state index in [4.69, 9.17) is 11.6 Å². The van der Waals surface area contributed by atoms with Crippen LogP contribution in [-0.2, 0) is 9.59 Å². The van der Waals surface area contributed by atoms with Crippen LogP contribution in [0.5, 0.6) is 0 Å². The van der Waals surface area contributed by atoms with Gasteiger partial charge in [0.1, 0.15) is 5.02 Å². The van der Waals surface area contributed by atoms with Crippen molar-refractivity contribution in [3.05, 3.63) is 69.2 Å². The van der Waals surface area contributed by atoms with Crippen LogP contribution in [0.1, 0.15) is 5.56 Å². The highest BCUT2D eigenvalue weighted by atomic mass is 35.5. The predicted molar refractivity (Wildman–Crippen MR) is 88.9 cm³/mol. The third-order valence-electron chi connectivity index (χ3n) is 2.78. The Balaban J connectivity index is 1.96. The average Bonchev–Trinajstić information content (AvgIpc) is 2.56. The molecule has 0 unspecified atom stereocenters. The maximum atomic E-state index is 11.6. The molecule has 0 bridgehead atoms. The number of hydrogen-bond acceptors (Lipinski definition) is 5. The van der Waals surface area contributed by atoms with Gasteiger partial charge in [0.15, 0.2) is 0 Å². The number of carbonyl (C=O) groups excluding carboxylic acids is 2. The van der Waals surface area contributed by atoms with Gasteiger partial charge in [-0.3, -0.25) is 19.7 Å². The molecule has 0 fully saturated rings. The first-order valence-corrected chi connectivity index (χ1v) is 6.98. The van der Waals surface area contributed by atoms with Crippen molar-refractivity contribution >= 4 is 41.0 Å². The summed E-state index contributed by atoms with van der Waals surface area (Å²) in [6, 6.07) is 12.5. The van der Waals surface area contributed by atoms with Gasteiger partial charge in [-0.1, -0.05) is 35.9 Å². The summed E-state index contributed by atoms with van der Waals surface area (Å²) in [6.45, 7) is 0. The number of halogens is 1. The number of carbonyl (C=O) groups is 2. The third-order valence-corrected chi connectivity index (χ3v) is 3.10. The molecular weight excluding hydrogens is 336 g/mol. The molecule has 2 amide bonds. The van der Waals surface area contributed by atoms with Crippen molar-refractivity contribution in [1.82, 2.24) is 5.43 Å². The molecule has 0 aromatic heterocycles. The van der Waals surface area contributed by atoms with Crippen LogP contribution in [0.25, 0.3) is 0 Å². The van der Waals surface area contributed by atoms with Gasteiger partial charge in [-0.2, -0.15) is 5.10 Å². The molecule has 0 saturated carbocycles. The summed E-state index contributed by atoms with van der Waals surface area (Å²) in [7, 11) is 0. The molecule has 0 spiro atoms. The van der Waals surface area contributed by atoms with E-state index in [0.29, 0.717) is 11.3 Å². The van der Waals surface area contributed by atoms with Gasteiger partial charge in [0.25, 0.3) is 5.69 Å². The standard InChI is InChI=1S/C15H11ClN4O4/c16-12-7-6-10(8-13(12)20(23)24)9-17-19-15(22)14(21)18-11-4-2-1-3-5-11/h1-9H,(H,18,21)(H,19,22)/b17-9+. The lowest BCUT2D eigenvalue weighted by Gasteiger charge is -2.03. The summed E-state index contributed by atoms with van der Waals surface area (Å²) in [5.74, 6) is -1.86. The molecule has 0 saturated heterocycles. The van der Waals surface area contributed by atoms with Crippen LogP contribution in [0.3, 0.4) is 0 Å². The summed E-state index contributed by atoms with van der Waals surface area (Å²) in [5, 5.41) is 16.7. The van der Waals surface area contributed by atoms with Crippen molar-refractivity contribution < 1.29 is 14.5 Å². The van der Waals surface area contributed by atoms with E-state index in [2.05, 4.69) is 10.4 Å². The molecule has 0 radical (unpaired) electrons. The van der Waals surface area contributed by atoms with Crippen molar-refractivity contribution in [2.45, 2.75) is 0 Å². The molecule has 0 heterocycles. The van der Waals surface area contributed by atoms with Gasteiger partial charge in [-0.15, -0.1) is 0 Å². The quantitative estimate of drug-likeness (QED) is 0.382. The van der Waals surface area contributed by atoms with E-state index in [1.54, 1.807) is 30.3 Å². The van der Waals surface area contributed by atoms with E-state index in [1.807, 2.05) is 5.43 Å². The Morgan fingerprint density at radius 2 is 1.83 bits per heavy atom. The van der Waals surface area contributed by atoms with Gasteiger partial charge >= 0.3 is 11.8 Å². The van der Waals surface area contributed by atoms with E-state index in [1.165, 1.54) is 18.2 Å². The summed E-state index contributed by atoms with van der Waals surface area (Å²) in [5.41, 5.74) is 2.56. The molecule has 9 heteroatoms. The number of nitrogens with zero attached hydrogens (tertiary/aromatic N) is 2. The third kappa shape index (κ3) is 4.62. The van der Waals surface area contributed by atoms with Crippen LogP contribution in [0, 0.1) is 10.1 Å². The summed E-state index contributed by atoms with van der Waals surface area (Å²) in [4.78, 5) is 33.4. The van der Waals surface area contributed by atoms with Crippen LogP contribution in [0.4, 0.5) is 11.4 Å². The number of hydrazone groups is 1. The molecule has 122 valence electrons. The maximum absolute atomic E-state index is 11.6. The zero-order valence-electron chi connectivity index (χ0n) is 12.1. The van der Waals surface area contributed by atoms with Crippen molar-refractivity contribution in [2.75, 3.05) is 5.32 Å². The van der Waals surface area contributed by atoms with Crippen LogP contribution in [0.15, 0.2) is 53.6 Å². The lowest BCUT2D eigenvalue weighted by atomic mass is 10.2. The molecule has 0 aliphatic heterocycles. The Labute approximate surface area is 141 Å². The highest BCUT2D eigenvalue weighted by molar-refractivity contribution is 6.39. The highest BCUT2D eigenvalue weighted by Crippen LogP contribution is 2.24. The second-order valence-corrected chi connectivity index (χ2v) is 4.89. The minimum atomic E-state index is -0.974. The fraction of sp³-hybridized carbons (Fsp3) is 0. The van der Waals surface area contributed by atoms with Gasteiger partial charge in [0.05, 0.1) is 11.1 Å². The van der Waals surface area contributed by atoms with E-state index in [-0.39, 0.29) is 10.7 Å². The summed E-state index contributed by atoms with van der Waals surface area (Å²) in [6.07, 6.45) is 1.16. The van der Waals surface area contributed by atoms with Gasteiger partial charge < -0.3 is 5.32 Å². The number of nitrogens with one attached hydrogen (secondary N) is 2. The van der Waals surface area contributed by atoms with Gasteiger partial charge in [0.2, 0.25) is 0 Å². The van der Waals surface area contributed by atoms with E-state index < -0.39 is 16.7 Å². The molecular formula is C15H11ClN4O4. The minimum Gasteiger partial charge on any atom is -0.318 e. The smallest absolute Gasteiger partial charge is 0.318 e. The fourth-order valence-corrected chi connectivity index (χ4v) is 1.86. The summed E-state index contributed by atoms with van der Waals surface area (Å²) < 4.78 is 0. The molecule has 0 atom stereocenters. The minimum absolute atomic E-state index is 0.0107. The normalized spacial score (nSPS) is 10.4. The highest BCUT2D eigenvalue weighted by Gasteiger charge is 2.13. The van der Waals surface area contributed by atoms with E-state index in [9.17, 15) is 19.7 Å². The van der Waals surface area contributed by atoms with Crippen molar-refractivity contribution in [3.63, 3.8) is 0 Å². The molecule has 24 heavy (non-hydrogen) atoms. The average molecular weight is 347 g/mol. The number of nitro groups is 1. The number of hydrogen-bond donors (Lipinski definition) is 2. The van der Waals surface area contributed by atoms with Gasteiger partial charge in [-0.05, 0) is 18.2 Å². The van der Waals surface area contributed by atoms with Crippen molar-refractivity contribution in [1.29, 1.82) is 0 Å². The second-order valence-electron chi connectivity index (χ2n) is 4.49. The maximum Gasteiger partial charge on any atom is 0.329 e. The Bertz CT molecular complexity index is 808. The monoisotopic (exact) mass is 346 g/mol. The van der Waals surface area contributed by atoms with E-state index >= 15 is 0 Å². The Morgan fingerprint density at radius 3 is 2.50 bits per heavy atom. The second kappa shape index (κ2) is 7.84. The Morgan fingerprint density at radius 1 is 1.12 bits per heavy atom. The largest absolute Gasteiger partial charge is 0.329 e. The van der Waals surface area contributed by atoms with Crippen LogP contribution in [0.2, 0.25) is 5.02 Å². The lowest BCUT2D eigenvalue weighted by molar-refractivity contribution is -0.384. The van der Waals surface area contributed by atoms with Crippen molar-refractivity contribution in [3.8, 4) is 0 Å². The Hall–Kier alpha value is -3.26. The van der Waals surface area contributed by atoms with Crippen molar-refractivity contribution in [2.24, 2.45) is 5.10 Å². The number of nitro benzene ring substituents is 1. The predicted octanol–water partition coefficient (Wildman–Crippen LogP) is 2.34. The van der Waals surface area contributed by atoms with Crippen LogP contribution >= 0.6 is 11.6 Å². The number of para-hydroxylation sites is 1. The number of amides is 2. The zero-order valence-corrected chi connectivity index (χ0v) is 12.9. The fourth-order valence-electron chi connectivity index (χ4n) is 1.68. The zero-order chi connectivity index (χ0) is 17.5. The topological polar surface area (TPSA) is 114 Å². The van der Waals surface area contributed by atoms with Gasteiger partial charge in [0, 0.05) is 17.3 Å². The number of benzene rings is 2. The molecule has 2 aromatic carbocycles. The first-order valence-electron chi connectivity index (χ1n) is 6.61. The first-order chi connectivity index (χ1) is 11.5. The number of rotatable bonds is 4. The summed E-state index contributed by atoms with van der Waals surface area (Å²) >= 11 is 5.69. The van der Waals surface area contributed by atoms with Crippen LogP contribution < -0.4 is 10.7 Å². The molecule has 2 N–H and O–H groups in total. The van der Waals surface area contributed by atoms with Crippen LogP contribution in [-0.4, -0.2) is 23.0 Å².